The summed E-state index contributed by atoms with van der Waals surface area (Å²) in [5, 5.41) is 18.1. The second-order valence-electron chi connectivity index (χ2n) is 10.5. The summed E-state index contributed by atoms with van der Waals surface area (Å²) in [6, 6.07) is 17.1. The van der Waals surface area contributed by atoms with Gasteiger partial charge in [0.1, 0.15) is 10.7 Å². The maximum absolute atomic E-state index is 13.9. The van der Waals surface area contributed by atoms with Crippen LogP contribution in [0.3, 0.4) is 0 Å². The third-order valence-electron chi connectivity index (χ3n) is 8.09. The summed E-state index contributed by atoms with van der Waals surface area (Å²) in [6.45, 7) is 5.33. The summed E-state index contributed by atoms with van der Waals surface area (Å²) in [5.74, 6) is -0.576. The van der Waals surface area contributed by atoms with Crippen LogP contribution in [0.15, 0.2) is 65.7 Å². The molecule has 0 saturated carbocycles. The van der Waals surface area contributed by atoms with Crippen molar-refractivity contribution in [2.75, 3.05) is 18.0 Å². The first-order chi connectivity index (χ1) is 18.7. The maximum Gasteiger partial charge on any atom is 0.304 e. The number of benzene rings is 2. The lowest BCUT2D eigenvalue weighted by molar-refractivity contribution is -0.137. The van der Waals surface area contributed by atoms with E-state index in [4.69, 9.17) is 0 Å². The Balaban J connectivity index is 1.38. The van der Waals surface area contributed by atoms with E-state index >= 15 is 0 Å². The molecule has 2 atom stereocenters. The number of sulfonamides is 1. The zero-order valence-corrected chi connectivity index (χ0v) is 22.8. The molecule has 1 N–H and O–H groups in total. The molecule has 0 amide bonds. The Morgan fingerprint density at radius 1 is 1.08 bits per heavy atom. The normalized spacial score (nSPS) is 19.4. The molecular weight excluding hydrogens is 514 g/mol. The van der Waals surface area contributed by atoms with Crippen molar-refractivity contribution in [1.82, 2.24) is 18.9 Å². The fourth-order valence-corrected chi connectivity index (χ4v) is 7.65. The van der Waals surface area contributed by atoms with Crippen molar-refractivity contribution in [2.24, 2.45) is 0 Å². The fraction of sp³-hybridized carbons (Fsp3) is 0.345. The number of carboxylic acid groups (broad SMARTS) is 1. The van der Waals surface area contributed by atoms with E-state index in [9.17, 15) is 18.3 Å². The second kappa shape index (κ2) is 9.77. The zero-order chi connectivity index (χ0) is 27.3. The topological polar surface area (TPSA) is 108 Å². The quantitative estimate of drug-likeness (QED) is 0.388. The highest BCUT2D eigenvalue weighted by Gasteiger charge is 2.39. The Kier molecular flexibility index (Phi) is 6.39. The number of carbonyl (C=O) groups is 1. The van der Waals surface area contributed by atoms with Crippen LogP contribution in [0.4, 0.5) is 5.69 Å². The van der Waals surface area contributed by atoms with E-state index < -0.39 is 21.9 Å². The van der Waals surface area contributed by atoms with Gasteiger partial charge in [0.2, 0.25) is 10.0 Å². The summed E-state index contributed by atoms with van der Waals surface area (Å²) in [5.41, 5.74) is 4.93. The van der Waals surface area contributed by atoms with Crippen molar-refractivity contribution in [1.29, 1.82) is 0 Å². The number of fused-ring (bicyclic) bond motifs is 4. The first-order valence-corrected chi connectivity index (χ1v) is 14.6. The van der Waals surface area contributed by atoms with E-state index in [0.29, 0.717) is 17.1 Å². The number of anilines is 1. The average molecular weight is 546 g/mol. The highest BCUT2D eigenvalue weighted by Crippen LogP contribution is 2.38. The standard InChI is InChI=1S/C29H31N5O4S/c1-19-9-10-21(25(16-29(35)36)22-11-13-33-20(2)30-31-28(33)15-22)14-23(19)17-32-18-24-6-5-12-34(24)26-7-3-4-8-27(26)39(32,37)38/h3-4,7-11,13-15,24-25H,5-6,12,16-18H2,1-2H3,(H,35,36)/t24?,25-/m1/s1. The van der Waals surface area contributed by atoms with Crippen LogP contribution in [0.5, 0.6) is 0 Å². The van der Waals surface area contributed by atoms with Crippen LogP contribution in [0.2, 0.25) is 0 Å². The van der Waals surface area contributed by atoms with Gasteiger partial charge < -0.3 is 10.0 Å². The van der Waals surface area contributed by atoms with Crippen molar-refractivity contribution in [3.05, 3.63) is 88.9 Å². The third kappa shape index (κ3) is 4.57. The maximum atomic E-state index is 13.9. The first kappa shape index (κ1) is 25.5. The molecule has 1 unspecified atom stereocenters. The molecule has 4 heterocycles. The number of aryl methyl sites for hydroxylation is 2. The summed E-state index contributed by atoms with van der Waals surface area (Å²) < 4.78 is 31.2. The monoisotopic (exact) mass is 545 g/mol. The van der Waals surface area contributed by atoms with Gasteiger partial charge in [-0.05, 0) is 73.2 Å². The van der Waals surface area contributed by atoms with E-state index in [-0.39, 0.29) is 19.0 Å². The lowest BCUT2D eigenvalue weighted by Gasteiger charge is -2.27. The van der Waals surface area contributed by atoms with Crippen LogP contribution >= 0.6 is 0 Å². The van der Waals surface area contributed by atoms with Crippen LogP contribution in [0, 0.1) is 13.8 Å². The molecule has 0 bridgehead atoms. The Morgan fingerprint density at radius 2 is 1.87 bits per heavy atom. The van der Waals surface area contributed by atoms with Gasteiger partial charge in [-0.3, -0.25) is 9.20 Å². The summed E-state index contributed by atoms with van der Waals surface area (Å²) in [4.78, 5) is 14.5. The van der Waals surface area contributed by atoms with Crippen LogP contribution in [-0.4, -0.2) is 57.5 Å². The Bertz CT molecular complexity index is 1680. The lowest BCUT2D eigenvalue weighted by atomic mass is 9.87. The average Bonchev–Trinajstić information content (AvgIpc) is 3.52. The highest BCUT2D eigenvalue weighted by molar-refractivity contribution is 7.89. The SMILES string of the molecule is Cc1ccc([C@@H](CC(=O)O)c2ccn3c(C)nnc3c2)cc1CN1CC2CCCN2c2ccccc2S1(=O)=O. The Morgan fingerprint density at radius 3 is 2.69 bits per heavy atom. The molecule has 0 spiro atoms. The van der Waals surface area contributed by atoms with Crippen LogP contribution in [-0.2, 0) is 21.4 Å². The molecule has 39 heavy (non-hydrogen) atoms. The largest absolute Gasteiger partial charge is 0.481 e. The molecule has 2 aromatic carbocycles. The van der Waals surface area contributed by atoms with Gasteiger partial charge in [-0.15, -0.1) is 10.2 Å². The molecule has 4 aromatic rings. The number of hydrogen-bond donors (Lipinski definition) is 1. The van der Waals surface area contributed by atoms with Gasteiger partial charge >= 0.3 is 5.97 Å². The molecule has 10 heteroatoms. The van der Waals surface area contributed by atoms with Crippen molar-refractivity contribution in [3.63, 3.8) is 0 Å². The molecular formula is C29H31N5O4S. The smallest absolute Gasteiger partial charge is 0.304 e. The lowest BCUT2D eigenvalue weighted by Crippen LogP contribution is -2.39. The van der Waals surface area contributed by atoms with Crippen LogP contribution < -0.4 is 4.90 Å². The van der Waals surface area contributed by atoms with Gasteiger partial charge in [-0.1, -0.05) is 30.3 Å². The first-order valence-electron chi connectivity index (χ1n) is 13.2. The number of aromatic nitrogens is 3. The third-order valence-corrected chi connectivity index (χ3v) is 9.95. The summed E-state index contributed by atoms with van der Waals surface area (Å²) in [6.07, 6.45) is 3.75. The van der Waals surface area contributed by atoms with E-state index in [1.54, 1.807) is 16.4 Å². The van der Waals surface area contributed by atoms with Crippen molar-refractivity contribution in [3.8, 4) is 0 Å². The Labute approximate surface area is 227 Å². The minimum absolute atomic E-state index is 0.0990. The second-order valence-corrected chi connectivity index (χ2v) is 12.4. The Hall–Kier alpha value is -3.76. The van der Waals surface area contributed by atoms with Crippen molar-refractivity contribution >= 4 is 27.3 Å². The highest BCUT2D eigenvalue weighted by atomic mass is 32.2. The number of nitrogens with zero attached hydrogens (tertiary/aromatic N) is 5. The molecule has 0 aliphatic carbocycles. The predicted molar refractivity (Wildman–Crippen MR) is 147 cm³/mol. The van der Waals surface area contributed by atoms with Crippen molar-refractivity contribution < 1.29 is 18.3 Å². The minimum atomic E-state index is -3.72. The molecule has 6 rings (SSSR count). The summed E-state index contributed by atoms with van der Waals surface area (Å²) in [7, 11) is -3.72. The van der Waals surface area contributed by atoms with Gasteiger partial charge in [0.05, 0.1) is 12.1 Å². The van der Waals surface area contributed by atoms with Gasteiger partial charge in [-0.25, -0.2) is 8.42 Å². The fourth-order valence-electron chi connectivity index (χ4n) is 5.99. The summed E-state index contributed by atoms with van der Waals surface area (Å²) >= 11 is 0. The number of rotatable bonds is 6. The molecule has 9 nitrogen and oxygen atoms in total. The molecule has 2 aliphatic heterocycles. The molecule has 1 fully saturated rings. The molecule has 2 aromatic heterocycles. The van der Waals surface area contributed by atoms with E-state index in [1.807, 2.05) is 66.9 Å². The zero-order valence-electron chi connectivity index (χ0n) is 22.0. The number of carboxylic acids is 1. The molecule has 202 valence electrons. The van der Waals surface area contributed by atoms with Crippen LogP contribution in [0.25, 0.3) is 5.65 Å². The minimum Gasteiger partial charge on any atom is -0.481 e. The van der Waals surface area contributed by atoms with E-state index in [1.165, 1.54) is 0 Å². The van der Waals surface area contributed by atoms with Gasteiger partial charge in [0.15, 0.2) is 5.65 Å². The number of para-hydroxylation sites is 1. The van der Waals surface area contributed by atoms with E-state index in [2.05, 4.69) is 15.1 Å². The van der Waals surface area contributed by atoms with Gasteiger partial charge in [0, 0.05) is 37.8 Å². The van der Waals surface area contributed by atoms with Gasteiger partial charge in [0.25, 0.3) is 0 Å². The number of pyridine rings is 1. The predicted octanol–water partition coefficient (Wildman–Crippen LogP) is 4.13. The van der Waals surface area contributed by atoms with Gasteiger partial charge in [-0.2, -0.15) is 4.31 Å². The number of hydrogen-bond acceptors (Lipinski definition) is 6. The molecule has 2 aliphatic rings. The van der Waals surface area contributed by atoms with E-state index in [0.717, 1.165) is 53.2 Å². The number of aliphatic carboxylic acids is 1. The molecule has 1 saturated heterocycles. The molecule has 0 radical (unpaired) electrons. The van der Waals surface area contributed by atoms with Crippen molar-refractivity contribution in [2.45, 2.75) is 56.5 Å². The van der Waals surface area contributed by atoms with Crippen LogP contribution in [0.1, 0.15) is 53.3 Å².